The number of nitrogens with zero attached hydrogens (tertiary/aromatic N) is 2. The predicted octanol–water partition coefficient (Wildman–Crippen LogP) is -0.303. The van der Waals surface area contributed by atoms with Crippen LogP contribution in [0.5, 0.6) is 0 Å². The van der Waals surface area contributed by atoms with Crippen LogP contribution in [0.3, 0.4) is 0 Å². The Kier molecular flexibility index (Phi) is 1.44. The normalized spacial score (nSPS) is 10.3. The number of H-pyrrole nitrogens is 2. The van der Waals surface area contributed by atoms with Crippen LogP contribution >= 0.6 is 0 Å². The maximum Gasteiger partial charge on any atom is 0.240 e. The number of aromatic amines is 2. The molecule has 2 aromatic rings. The molecule has 2 heterocycles. The number of hydrogen-bond donors (Lipinski definition) is 2. The maximum atomic E-state index is 10.6. The Labute approximate surface area is 67.8 Å². The Hall–Kier alpha value is -1.63. The van der Waals surface area contributed by atoms with Gasteiger partial charge in [0, 0.05) is 6.20 Å². The van der Waals surface area contributed by atoms with Gasteiger partial charge in [0.05, 0.1) is 5.39 Å². The summed E-state index contributed by atoms with van der Waals surface area (Å²) in [6.45, 7) is 0. The topological polar surface area (TPSA) is 91.5 Å². The zero-order chi connectivity index (χ0) is 8.55. The van der Waals surface area contributed by atoms with Crippen molar-refractivity contribution in [1.29, 1.82) is 0 Å². The van der Waals surface area contributed by atoms with Crippen molar-refractivity contribution < 1.29 is 8.42 Å². The van der Waals surface area contributed by atoms with E-state index >= 15 is 0 Å². The largest absolute Gasteiger partial charge is 0.285 e. The molecular weight excluding hydrogens is 180 g/mol. The maximum absolute atomic E-state index is 10.6. The Morgan fingerprint density at radius 3 is 2.92 bits per heavy atom. The van der Waals surface area contributed by atoms with Crippen LogP contribution in [0.4, 0.5) is 0 Å². The fourth-order valence-corrected chi connectivity index (χ4v) is 1.37. The summed E-state index contributed by atoms with van der Waals surface area (Å²) >= 11 is 0. The second kappa shape index (κ2) is 2.45. The van der Waals surface area contributed by atoms with E-state index in [1.165, 1.54) is 12.5 Å². The highest BCUT2D eigenvalue weighted by Gasteiger charge is 1.98. The van der Waals surface area contributed by atoms with Crippen LogP contribution in [0.2, 0.25) is 0 Å². The molecule has 0 radical (unpaired) electrons. The van der Waals surface area contributed by atoms with Crippen LogP contribution in [0, 0.1) is 4.64 Å². The zero-order valence-corrected chi connectivity index (χ0v) is 6.59. The molecule has 7 heteroatoms. The molecule has 0 aliphatic carbocycles. The lowest BCUT2D eigenvalue weighted by molar-refractivity contribution is 0.624. The molecule has 0 amide bonds. The van der Waals surface area contributed by atoms with Crippen LogP contribution < -0.4 is 0 Å². The first-order chi connectivity index (χ1) is 5.79. The molecule has 0 unspecified atom stereocenters. The number of aromatic nitrogens is 4. The number of hydrogen-bond acceptors (Lipinski definition) is 4. The molecule has 12 heavy (non-hydrogen) atoms. The van der Waals surface area contributed by atoms with E-state index in [9.17, 15) is 8.42 Å². The van der Waals surface area contributed by atoms with Crippen molar-refractivity contribution in [2.45, 2.75) is 0 Å². The second-order valence-corrected chi connectivity index (χ2v) is 2.98. The second-order valence-electron chi connectivity index (χ2n) is 2.10. The Morgan fingerprint density at radius 1 is 1.33 bits per heavy atom. The van der Waals surface area contributed by atoms with Crippen LogP contribution in [0.1, 0.15) is 0 Å². The number of fused-ring (bicyclic) bond motifs is 1. The Balaban J connectivity index is 3.20. The lowest BCUT2D eigenvalue weighted by atomic mass is 10.5. The molecule has 6 nitrogen and oxygen atoms in total. The summed E-state index contributed by atoms with van der Waals surface area (Å²) in [5.74, 6) is 0. The zero-order valence-electron chi connectivity index (χ0n) is 5.77. The third-order valence-electron chi connectivity index (χ3n) is 1.42. The van der Waals surface area contributed by atoms with E-state index in [2.05, 4.69) is 20.2 Å². The summed E-state index contributed by atoms with van der Waals surface area (Å²) in [5.41, 5.74) is 0.476. The van der Waals surface area contributed by atoms with Crippen molar-refractivity contribution in [2.24, 2.45) is 0 Å². The minimum Gasteiger partial charge on any atom is -0.285 e. The molecule has 2 N–H and O–H groups in total. The summed E-state index contributed by atoms with van der Waals surface area (Å²) in [6.07, 6.45) is 2.77. The van der Waals surface area contributed by atoms with Crippen molar-refractivity contribution in [3.63, 3.8) is 0 Å². The van der Waals surface area contributed by atoms with Crippen molar-refractivity contribution in [2.75, 3.05) is 0 Å². The average molecular weight is 184 g/mol. The van der Waals surface area contributed by atoms with E-state index in [4.69, 9.17) is 0 Å². The lowest BCUT2D eigenvalue weighted by Crippen LogP contribution is -1.76. The first kappa shape index (κ1) is 7.04. The van der Waals surface area contributed by atoms with Gasteiger partial charge < -0.3 is 0 Å². The number of nitrogens with one attached hydrogen (secondary N) is 2. The minimum absolute atomic E-state index is 0.0746. The monoisotopic (exact) mass is 184 g/mol. The van der Waals surface area contributed by atoms with Crippen molar-refractivity contribution >= 4 is 21.3 Å². The third kappa shape index (κ3) is 0.909. The van der Waals surface area contributed by atoms with Crippen molar-refractivity contribution in [3.05, 3.63) is 17.2 Å². The van der Waals surface area contributed by atoms with Gasteiger partial charge in [-0.25, -0.2) is 9.97 Å². The molecule has 2 rings (SSSR count). The van der Waals surface area contributed by atoms with Crippen molar-refractivity contribution in [1.82, 2.24) is 20.2 Å². The first-order valence-electron chi connectivity index (χ1n) is 3.07. The molecule has 62 valence electrons. The minimum atomic E-state index is -2.29. The van der Waals surface area contributed by atoms with Gasteiger partial charge in [0.2, 0.25) is 10.3 Å². The average Bonchev–Trinajstić information content (AvgIpc) is 2.47. The van der Waals surface area contributed by atoms with Gasteiger partial charge in [-0.05, 0) is 0 Å². The van der Waals surface area contributed by atoms with E-state index < -0.39 is 10.3 Å². The molecule has 0 atom stereocenters. The molecule has 0 aliphatic heterocycles. The molecule has 0 bridgehead atoms. The lowest BCUT2D eigenvalue weighted by Gasteiger charge is -1.80. The van der Waals surface area contributed by atoms with Gasteiger partial charge in [0.15, 0.2) is 10.3 Å². The smallest absolute Gasteiger partial charge is 0.240 e. The molecule has 0 spiro atoms. The van der Waals surface area contributed by atoms with Gasteiger partial charge in [-0.3, -0.25) is 10.2 Å². The van der Waals surface area contributed by atoms with E-state index in [0.29, 0.717) is 11.0 Å². The first-order valence-corrected chi connectivity index (χ1v) is 4.15. The summed E-state index contributed by atoms with van der Waals surface area (Å²) < 4.78 is 21.2. The van der Waals surface area contributed by atoms with E-state index in [1.54, 1.807) is 0 Å². The molecule has 0 aliphatic rings. The summed E-state index contributed by atoms with van der Waals surface area (Å²) in [4.78, 5) is 7.52. The van der Waals surface area contributed by atoms with Crippen molar-refractivity contribution in [3.8, 4) is 0 Å². The Bertz CT molecular complexity index is 571. The molecule has 2 aromatic heterocycles. The highest BCUT2D eigenvalue weighted by atomic mass is 32.2. The molecular formula is C5H4N4O2S. The molecule has 0 saturated carbocycles. The quantitative estimate of drug-likeness (QED) is 0.550. The van der Waals surface area contributed by atoms with Gasteiger partial charge in [-0.15, -0.1) is 0 Å². The fourth-order valence-electron chi connectivity index (χ4n) is 0.910. The van der Waals surface area contributed by atoms with Crippen LogP contribution in [-0.2, 0) is 10.3 Å². The van der Waals surface area contributed by atoms with Gasteiger partial charge >= 0.3 is 0 Å². The van der Waals surface area contributed by atoms with Crippen LogP contribution in [0.15, 0.2) is 12.5 Å². The van der Waals surface area contributed by atoms with Gasteiger partial charge in [0.25, 0.3) is 0 Å². The van der Waals surface area contributed by atoms with Crippen LogP contribution in [-0.4, -0.2) is 28.6 Å². The third-order valence-corrected chi connectivity index (χ3v) is 2.07. The SMILES string of the molecule is O=S(=O)=c1[nH][nH]c2ncncc12. The van der Waals surface area contributed by atoms with Gasteiger partial charge in [-0.1, -0.05) is 0 Å². The number of rotatable bonds is 0. The summed E-state index contributed by atoms with van der Waals surface area (Å²) in [6, 6.07) is 0. The standard InChI is InChI=1S/C5H4N4O2S/c10-12(11)5-3-1-6-2-7-4(3)8-9-5/h1-2,9H,(H,6,7,8). The van der Waals surface area contributed by atoms with Gasteiger partial charge in [-0.2, -0.15) is 8.42 Å². The molecule has 0 aromatic carbocycles. The highest BCUT2D eigenvalue weighted by Crippen LogP contribution is 2.04. The highest BCUT2D eigenvalue weighted by molar-refractivity contribution is 7.64. The van der Waals surface area contributed by atoms with Crippen LogP contribution in [0.25, 0.3) is 11.0 Å². The molecule has 0 fully saturated rings. The molecule has 0 saturated heterocycles. The van der Waals surface area contributed by atoms with E-state index in [0.717, 1.165) is 0 Å². The van der Waals surface area contributed by atoms with E-state index in [-0.39, 0.29) is 4.64 Å². The fraction of sp³-hybridized carbons (Fsp3) is 0. The van der Waals surface area contributed by atoms with E-state index in [1.807, 2.05) is 0 Å². The summed E-state index contributed by atoms with van der Waals surface area (Å²) in [5, 5.41) is 5.54. The predicted molar refractivity (Wildman–Crippen MR) is 40.4 cm³/mol. The summed E-state index contributed by atoms with van der Waals surface area (Å²) in [7, 11) is -2.29. The van der Waals surface area contributed by atoms with Gasteiger partial charge in [0.1, 0.15) is 6.33 Å². The Morgan fingerprint density at radius 2 is 2.17 bits per heavy atom.